The molecule has 6 amide bonds. The number of amides is 6. The first-order valence-electron chi connectivity index (χ1n) is 17.4. The van der Waals surface area contributed by atoms with Crippen molar-refractivity contribution in [3.63, 3.8) is 0 Å². The second-order valence-corrected chi connectivity index (χ2v) is 12.9. The molecule has 2 aliphatic rings. The van der Waals surface area contributed by atoms with Gasteiger partial charge in [-0.2, -0.15) is 0 Å². The zero-order chi connectivity index (χ0) is 38.6. The zero-order valence-electron chi connectivity index (χ0n) is 29.4. The number of para-hydroxylation sites is 1. The van der Waals surface area contributed by atoms with Crippen molar-refractivity contribution in [3.05, 3.63) is 132 Å². The molecule has 0 saturated carbocycles. The summed E-state index contributed by atoms with van der Waals surface area (Å²) >= 11 is 0. The van der Waals surface area contributed by atoms with Crippen molar-refractivity contribution < 1.29 is 33.5 Å². The number of ether oxygens (including phenoxy) is 1. The second-order valence-electron chi connectivity index (χ2n) is 12.9. The molecule has 0 spiro atoms. The number of carbonyl (C=O) groups is 6. The quantitative estimate of drug-likeness (QED) is 0.0925. The molecule has 1 unspecified atom stereocenters. The summed E-state index contributed by atoms with van der Waals surface area (Å²) in [5.41, 5.74) is 10.7. The molecule has 1 atom stereocenters. The van der Waals surface area contributed by atoms with Gasteiger partial charge in [0.15, 0.2) is 6.61 Å². The van der Waals surface area contributed by atoms with Gasteiger partial charge < -0.3 is 31.7 Å². The fourth-order valence-corrected chi connectivity index (χ4v) is 6.53. The molecule has 14 nitrogen and oxygen atoms in total. The molecule has 3 heterocycles. The summed E-state index contributed by atoms with van der Waals surface area (Å²) in [6.07, 6.45) is 2.15. The van der Waals surface area contributed by atoms with Crippen LogP contribution in [0, 0.1) is 0 Å². The third-order valence-electron chi connectivity index (χ3n) is 9.29. The van der Waals surface area contributed by atoms with Crippen LogP contribution in [0.25, 0.3) is 22.0 Å². The number of nitrogens with two attached hydrogens (primary N) is 1. The number of nitrogens with one attached hydrogen (secondary N) is 4. The number of carbonyl (C=O) groups excluding carboxylic acids is 6. The van der Waals surface area contributed by atoms with Crippen molar-refractivity contribution in [1.82, 2.24) is 25.8 Å². The van der Waals surface area contributed by atoms with E-state index < -0.39 is 42.2 Å². The number of hydrogen-bond acceptors (Lipinski definition) is 9. The molecule has 7 rings (SSSR count). The third-order valence-corrected chi connectivity index (χ3v) is 9.29. The summed E-state index contributed by atoms with van der Waals surface area (Å²) in [4.78, 5) is 81.9. The summed E-state index contributed by atoms with van der Waals surface area (Å²) in [6.45, 7) is 3.52. The Bertz CT molecular complexity index is 2400. The fourth-order valence-electron chi connectivity index (χ4n) is 6.53. The normalized spacial score (nSPS) is 15.0. The zero-order valence-corrected chi connectivity index (χ0v) is 29.4. The van der Waals surface area contributed by atoms with Gasteiger partial charge >= 0.3 is 0 Å². The lowest BCUT2D eigenvalue weighted by Crippen LogP contribution is -2.51. The molecule has 0 bridgehead atoms. The van der Waals surface area contributed by atoms with E-state index in [1.165, 1.54) is 24.4 Å². The van der Waals surface area contributed by atoms with Crippen LogP contribution in [0.5, 0.6) is 5.75 Å². The SMILES string of the molecule is C=C1CCC(N2C(=O)c3cccc(OCC(=O)NCCNC(=O)c4ccc(-c5ccc6c(Nc7ccccc7)c(C(N)=O)cnc6c5)cc4)c3C2=O)C(=O)N1. The van der Waals surface area contributed by atoms with E-state index in [1.807, 2.05) is 60.7 Å². The van der Waals surface area contributed by atoms with Crippen molar-refractivity contribution in [1.29, 1.82) is 0 Å². The Morgan fingerprint density at radius 2 is 1.64 bits per heavy atom. The molecule has 1 aromatic heterocycles. The Hall–Kier alpha value is -7.35. The summed E-state index contributed by atoms with van der Waals surface area (Å²) in [6, 6.07) is 25.6. The van der Waals surface area contributed by atoms with E-state index in [2.05, 4.69) is 32.8 Å². The Labute approximate surface area is 314 Å². The van der Waals surface area contributed by atoms with Crippen LogP contribution < -0.4 is 31.7 Å². The number of allylic oxidation sites excluding steroid dienone is 1. The lowest BCUT2D eigenvalue weighted by molar-refractivity contribution is -0.125. The first kappa shape index (κ1) is 36.0. The maximum Gasteiger partial charge on any atom is 0.266 e. The summed E-state index contributed by atoms with van der Waals surface area (Å²) in [7, 11) is 0. The Balaban J connectivity index is 0.912. The van der Waals surface area contributed by atoms with Crippen LogP contribution in [0.1, 0.15) is 54.3 Å². The average molecular weight is 738 g/mol. The summed E-state index contributed by atoms with van der Waals surface area (Å²) in [5.74, 6) is -3.14. The number of aromatic nitrogens is 1. The van der Waals surface area contributed by atoms with E-state index in [0.717, 1.165) is 27.1 Å². The molecule has 1 fully saturated rings. The molecule has 14 heteroatoms. The van der Waals surface area contributed by atoms with E-state index in [4.69, 9.17) is 10.5 Å². The highest BCUT2D eigenvalue weighted by Gasteiger charge is 2.45. The predicted octanol–water partition coefficient (Wildman–Crippen LogP) is 4.06. The molecule has 0 radical (unpaired) electrons. The van der Waals surface area contributed by atoms with E-state index in [0.29, 0.717) is 28.9 Å². The molecule has 6 N–H and O–H groups in total. The molecule has 1 saturated heterocycles. The van der Waals surface area contributed by atoms with Crippen molar-refractivity contribution >= 4 is 57.7 Å². The lowest BCUT2D eigenvalue weighted by Gasteiger charge is -2.29. The lowest BCUT2D eigenvalue weighted by atomic mass is 10.0. The fraction of sp³-hybridized carbons (Fsp3) is 0.146. The Morgan fingerprint density at radius 1 is 0.891 bits per heavy atom. The first-order valence-corrected chi connectivity index (χ1v) is 17.4. The van der Waals surface area contributed by atoms with E-state index in [9.17, 15) is 28.8 Å². The van der Waals surface area contributed by atoms with Crippen molar-refractivity contribution in [2.24, 2.45) is 5.73 Å². The number of nitrogens with zero attached hydrogens (tertiary/aromatic N) is 2. The monoisotopic (exact) mass is 737 g/mol. The highest BCUT2D eigenvalue weighted by atomic mass is 16.5. The molecular weight excluding hydrogens is 702 g/mol. The van der Waals surface area contributed by atoms with Crippen molar-refractivity contribution in [2.45, 2.75) is 18.9 Å². The number of hydrogen-bond donors (Lipinski definition) is 5. The van der Waals surface area contributed by atoms with Gasteiger partial charge in [0.2, 0.25) is 5.91 Å². The predicted molar refractivity (Wildman–Crippen MR) is 204 cm³/mol. The highest BCUT2D eigenvalue weighted by Crippen LogP contribution is 2.35. The van der Waals surface area contributed by atoms with E-state index >= 15 is 0 Å². The molecule has 276 valence electrons. The summed E-state index contributed by atoms with van der Waals surface area (Å²) < 4.78 is 5.63. The molecule has 2 aliphatic heterocycles. The second kappa shape index (κ2) is 15.3. The third kappa shape index (κ3) is 7.46. The van der Waals surface area contributed by atoms with Gasteiger partial charge in [0.05, 0.1) is 27.9 Å². The first-order chi connectivity index (χ1) is 26.6. The molecular formula is C41H35N7O7. The average Bonchev–Trinajstić information content (AvgIpc) is 3.44. The van der Waals surface area contributed by atoms with E-state index in [-0.39, 0.29) is 47.9 Å². The van der Waals surface area contributed by atoms with Crippen molar-refractivity contribution in [3.8, 4) is 16.9 Å². The summed E-state index contributed by atoms with van der Waals surface area (Å²) in [5, 5.41) is 12.0. The van der Waals surface area contributed by atoms with Crippen LogP contribution in [-0.4, -0.2) is 71.1 Å². The minimum atomic E-state index is -0.970. The number of fused-ring (bicyclic) bond motifs is 2. The number of piperidine rings is 1. The number of pyridine rings is 1. The smallest absolute Gasteiger partial charge is 0.266 e. The van der Waals surface area contributed by atoms with Gasteiger partial charge in [0.25, 0.3) is 29.5 Å². The van der Waals surface area contributed by atoms with Crippen LogP contribution in [0.3, 0.4) is 0 Å². The number of rotatable bonds is 12. The molecule has 55 heavy (non-hydrogen) atoms. The molecule has 4 aromatic carbocycles. The highest BCUT2D eigenvalue weighted by molar-refractivity contribution is 6.24. The van der Waals surface area contributed by atoms with Crippen LogP contribution in [-0.2, 0) is 9.59 Å². The maximum absolute atomic E-state index is 13.3. The number of primary amides is 1. The van der Waals surface area contributed by atoms with Crippen LogP contribution in [0.15, 0.2) is 109 Å². The van der Waals surface area contributed by atoms with Gasteiger partial charge in [-0.1, -0.05) is 55.1 Å². The van der Waals surface area contributed by atoms with Gasteiger partial charge in [-0.25, -0.2) is 0 Å². The topological polar surface area (TPSA) is 202 Å². The van der Waals surface area contributed by atoms with Gasteiger partial charge in [0.1, 0.15) is 11.8 Å². The van der Waals surface area contributed by atoms with Gasteiger partial charge in [-0.3, -0.25) is 38.7 Å². The van der Waals surface area contributed by atoms with Gasteiger partial charge in [0, 0.05) is 41.6 Å². The van der Waals surface area contributed by atoms with Crippen LogP contribution in [0.2, 0.25) is 0 Å². The molecule has 5 aromatic rings. The van der Waals surface area contributed by atoms with Gasteiger partial charge in [-0.15, -0.1) is 0 Å². The van der Waals surface area contributed by atoms with E-state index in [1.54, 1.807) is 12.1 Å². The minimum absolute atomic E-state index is 0.00266. The number of benzene rings is 4. The minimum Gasteiger partial charge on any atom is -0.483 e. The largest absolute Gasteiger partial charge is 0.483 e. The van der Waals surface area contributed by atoms with Gasteiger partial charge in [-0.05, 0) is 66.4 Å². The standard InChI is InChI=1S/C41H35N7O7/c1-23-10-17-32(39(52)46-23)48-40(53)29-8-5-9-33(35(29)41(48)54)55-22-34(49)43-18-19-44-38(51)25-13-11-24(12-14-25)26-15-16-28-31(20-26)45-21-30(37(42)50)36(28)47-27-6-3-2-4-7-27/h2-9,11-16,20-21,32H,1,10,17-19,22H2,(H2,42,50)(H,43,49)(H,44,51)(H,45,47)(H,46,52). The Kier molecular flexibility index (Phi) is 10.0. The van der Waals surface area contributed by atoms with Crippen LogP contribution >= 0.6 is 0 Å². The van der Waals surface area contributed by atoms with Crippen molar-refractivity contribution in [2.75, 3.05) is 25.0 Å². The maximum atomic E-state index is 13.3. The number of imide groups is 1. The van der Waals surface area contributed by atoms with Crippen LogP contribution in [0.4, 0.5) is 11.4 Å². The molecule has 0 aliphatic carbocycles. The Morgan fingerprint density at radius 3 is 2.38 bits per heavy atom. The number of anilines is 2.